The van der Waals surface area contributed by atoms with Gasteiger partial charge in [0.15, 0.2) is 0 Å². The molecule has 1 aromatic rings. The van der Waals surface area contributed by atoms with Crippen LogP contribution in [0.25, 0.3) is 0 Å². The van der Waals surface area contributed by atoms with Crippen LogP contribution in [0.15, 0.2) is 0 Å². The summed E-state index contributed by atoms with van der Waals surface area (Å²) in [4.78, 5) is 0. The van der Waals surface area contributed by atoms with Crippen molar-refractivity contribution in [1.82, 2.24) is 0 Å². The molecule has 7 nitrogen and oxygen atoms in total. The van der Waals surface area contributed by atoms with E-state index in [0.29, 0.717) is 25.0 Å². The molecule has 7 heteroatoms. The maximum atomic E-state index is 10.3. The molecule has 1 fully saturated rings. The van der Waals surface area contributed by atoms with Crippen LogP contribution < -0.4 is 4.74 Å². The molecule has 6 atom stereocenters. The van der Waals surface area contributed by atoms with Crippen molar-refractivity contribution in [1.29, 1.82) is 0 Å². The van der Waals surface area contributed by atoms with E-state index in [1.54, 1.807) is 0 Å². The Morgan fingerprint density at radius 1 is 0.963 bits per heavy atom. The number of aliphatic hydroxyl groups is 4. The van der Waals surface area contributed by atoms with Crippen molar-refractivity contribution in [3.63, 3.8) is 0 Å². The van der Waals surface area contributed by atoms with E-state index in [1.165, 1.54) is 0 Å². The molecule has 1 saturated heterocycles. The standard InChI is InChI=1S/C20H30O7/c1-9-10(2)19-12(11(3)15(9)22)5-6-20(4,27-19)7-13-16(23)18(25)17(24)14(8-21)26-13/h13-14,16-18,21-25H,5-8H2,1-4H3/t13-,14-,16+,17-,18-,20?/m1/s1. The van der Waals surface area contributed by atoms with Crippen LogP contribution in [0.4, 0.5) is 0 Å². The van der Waals surface area contributed by atoms with Gasteiger partial charge in [0.1, 0.15) is 41.5 Å². The number of rotatable bonds is 3. The Labute approximate surface area is 159 Å². The Bertz CT molecular complexity index is 717. The van der Waals surface area contributed by atoms with Crippen molar-refractivity contribution in [3.8, 4) is 11.5 Å². The lowest BCUT2D eigenvalue weighted by atomic mass is 9.82. The van der Waals surface area contributed by atoms with E-state index < -0.39 is 42.7 Å². The van der Waals surface area contributed by atoms with Crippen molar-refractivity contribution in [2.24, 2.45) is 0 Å². The van der Waals surface area contributed by atoms with Crippen molar-refractivity contribution < 1.29 is 35.0 Å². The molecular formula is C20H30O7. The summed E-state index contributed by atoms with van der Waals surface area (Å²) in [7, 11) is 0. The molecule has 5 N–H and O–H groups in total. The van der Waals surface area contributed by atoms with Gasteiger partial charge in [-0.1, -0.05) is 0 Å². The summed E-state index contributed by atoms with van der Waals surface area (Å²) in [6.45, 7) is 7.12. The van der Waals surface area contributed by atoms with Gasteiger partial charge in [-0.3, -0.25) is 0 Å². The summed E-state index contributed by atoms with van der Waals surface area (Å²) in [5, 5.41) is 50.0. The summed E-state index contributed by atoms with van der Waals surface area (Å²) in [6, 6.07) is 0. The number of hydrogen-bond donors (Lipinski definition) is 5. The maximum absolute atomic E-state index is 10.3. The molecule has 0 radical (unpaired) electrons. The van der Waals surface area contributed by atoms with Gasteiger partial charge in [-0.05, 0) is 57.2 Å². The molecule has 2 aliphatic heterocycles. The lowest BCUT2D eigenvalue weighted by molar-refractivity contribution is -0.237. The molecule has 2 aliphatic rings. The molecule has 2 heterocycles. The third kappa shape index (κ3) is 3.43. The van der Waals surface area contributed by atoms with Gasteiger partial charge in [-0.15, -0.1) is 0 Å². The summed E-state index contributed by atoms with van der Waals surface area (Å²) in [5.74, 6) is 1.05. The third-order valence-corrected chi connectivity index (χ3v) is 6.22. The molecule has 27 heavy (non-hydrogen) atoms. The second kappa shape index (κ2) is 7.22. The molecule has 0 saturated carbocycles. The van der Waals surface area contributed by atoms with Crippen LogP contribution >= 0.6 is 0 Å². The van der Waals surface area contributed by atoms with Gasteiger partial charge in [-0.2, -0.15) is 0 Å². The second-order valence-electron chi connectivity index (χ2n) is 8.15. The predicted octanol–water partition coefficient (Wildman–Crippen LogP) is 0.634. The minimum Gasteiger partial charge on any atom is -0.507 e. The number of aliphatic hydroxyl groups excluding tert-OH is 4. The third-order valence-electron chi connectivity index (χ3n) is 6.22. The zero-order chi connectivity index (χ0) is 20.1. The highest BCUT2D eigenvalue weighted by Gasteiger charge is 2.47. The van der Waals surface area contributed by atoms with Gasteiger partial charge in [0, 0.05) is 12.0 Å². The highest BCUT2D eigenvalue weighted by atomic mass is 16.5. The van der Waals surface area contributed by atoms with Gasteiger partial charge in [-0.25, -0.2) is 0 Å². The number of phenols is 1. The minimum atomic E-state index is -1.39. The second-order valence-corrected chi connectivity index (χ2v) is 8.15. The van der Waals surface area contributed by atoms with Gasteiger partial charge >= 0.3 is 0 Å². The Kier molecular flexibility index (Phi) is 5.44. The van der Waals surface area contributed by atoms with Crippen LogP contribution in [0.1, 0.15) is 42.0 Å². The molecule has 0 bridgehead atoms. The molecule has 0 amide bonds. The zero-order valence-electron chi connectivity index (χ0n) is 16.3. The van der Waals surface area contributed by atoms with E-state index in [4.69, 9.17) is 9.47 Å². The number of benzene rings is 1. The van der Waals surface area contributed by atoms with E-state index in [2.05, 4.69) is 0 Å². The lowest BCUT2D eigenvalue weighted by Crippen LogP contribution is -2.60. The van der Waals surface area contributed by atoms with Gasteiger partial charge in [0.2, 0.25) is 0 Å². The Morgan fingerprint density at radius 3 is 2.22 bits per heavy atom. The quantitative estimate of drug-likeness (QED) is 0.520. The molecule has 0 spiro atoms. The van der Waals surface area contributed by atoms with Crippen LogP contribution in [0.3, 0.4) is 0 Å². The fraction of sp³-hybridized carbons (Fsp3) is 0.700. The fourth-order valence-corrected chi connectivity index (χ4v) is 4.21. The molecule has 152 valence electrons. The summed E-state index contributed by atoms with van der Waals surface area (Å²) < 4.78 is 12.0. The summed E-state index contributed by atoms with van der Waals surface area (Å²) >= 11 is 0. The normalized spacial score (nSPS) is 36.2. The molecule has 0 aromatic heterocycles. The van der Waals surface area contributed by atoms with E-state index >= 15 is 0 Å². The largest absolute Gasteiger partial charge is 0.507 e. The molecule has 1 aromatic carbocycles. The Morgan fingerprint density at radius 2 is 1.59 bits per heavy atom. The van der Waals surface area contributed by atoms with Crippen LogP contribution in [-0.2, 0) is 11.2 Å². The smallest absolute Gasteiger partial charge is 0.127 e. The summed E-state index contributed by atoms with van der Waals surface area (Å²) in [5.41, 5.74) is 2.82. The monoisotopic (exact) mass is 382 g/mol. The van der Waals surface area contributed by atoms with E-state index in [9.17, 15) is 25.5 Å². The first-order valence-electron chi connectivity index (χ1n) is 9.40. The predicted molar refractivity (Wildman–Crippen MR) is 98.1 cm³/mol. The average molecular weight is 382 g/mol. The van der Waals surface area contributed by atoms with Crippen molar-refractivity contribution in [2.45, 2.75) is 83.1 Å². The van der Waals surface area contributed by atoms with Crippen LogP contribution in [0.2, 0.25) is 0 Å². The van der Waals surface area contributed by atoms with E-state index in [-0.39, 0.29) is 0 Å². The Balaban J connectivity index is 1.85. The Hall–Kier alpha value is -1.38. The van der Waals surface area contributed by atoms with Gasteiger partial charge in [0.05, 0.1) is 12.7 Å². The number of hydrogen-bond acceptors (Lipinski definition) is 7. The SMILES string of the molecule is Cc1c(C)c2c(c(C)c1O)CCC(C)(C[C@H]1O[C@H](CO)[C@@H](O)[C@H](O)[C@H]1O)O2. The maximum Gasteiger partial charge on any atom is 0.127 e. The van der Waals surface area contributed by atoms with E-state index in [0.717, 1.165) is 28.0 Å². The lowest BCUT2D eigenvalue weighted by Gasteiger charge is -2.45. The molecular weight excluding hydrogens is 352 g/mol. The van der Waals surface area contributed by atoms with Crippen LogP contribution in [0, 0.1) is 20.8 Å². The fourth-order valence-electron chi connectivity index (χ4n) is 4.21. The minimum absolute atomic E-state index is 0.298. The summed E-state index contributed by atoms with van der Waals surface area (Å²) in [6.07, 6.45) is -4.05. The first-order valence-corrected chi connectivity index (χ1v) is 9.40. The number of fused-ring (bicyclic) bond motifs is 1. The highest BCUT2D eigenvalue weighted by molar-refractivity contribution is 5.58. The van der Waals surface area contributed by atoms with E-state index in [1.807, 2.05) is 27.7 Å². The van der Waals surface area contributed by atoms with Crippen molar-refractivity contribution in [3.05, 3.63) is 22.3 Å². The van der Waals surface area contributed by atoms with Crippen LogP contribution in [0.5, 0.6) is 11.5 Å². The number of phenolic OH excluding ortho intramolecular Hbond substituents is 1. The average Bonchev–Trinajstić information content (AvgIpc) is 2.65. The van der Waals surface area contributed by atoms with Gasteiger partial charge in [0.25, 0.3) is 0 Å². The van der Waals surface area contributed by atoms with Crippen molar-refractivity contribution >= 4 is 0 Å². The number of aromatic hydroxyl groups is 1. The number of ether oxygens (including phenoxy) is 2. The first kappa shape index (κ1) is 20.4. The zero-order valence-corrected chi connectivity index (χ0v) is 16.3. The van der Waals surface area contributed by atoms with Gasteiger partial charge < -0.3 is 35.0 Å². The molecule has 1 unspecified atom stereocenters. The topological polar surface area (TPSA) is 120 Å². The first-order chi connectivity index (χ1) is 12.6. The molecule has 3 rings (SSSR count). The highest BCUT2D eigenvalue weighted by Crippen LogP contribution is 2.45. The van der Waals surface area contributed by atoms with Crippen molar-refractivity contribution in [2.75, 3.05) is 6.61 Å². The van der Waals surface area contributed by atoms with Crippen LogP contribution in [-0.4, -0.2) is 68.3 Å². The molecule has 0 aliphatic carbocycles.